The van der Waals surface area contributed by atoms with E-state index in [1.165, 1.54) is 16.4 Å². The first-order valence-electron chi connectivity index (χ1n) is 20.1. The molecule has 7 aromatic heterocycles. The summed E-state index contributed by atoms with van der Waals surface area (Å²) in [6.07, 6.45) is 21.3. The van der Waals surface area contributed by atoms with Crippen LogP contribution in [-0.4, -0.2) is 15.0 Å². The van der Waals surface area contributed by atoms with Crippen molar-refractivity contribution < 1.29 is 67.9 Å². The molecule has 2 aliphatic heterocycles. The fraction of sp³-hybridized carbons (Fsp3) is 0.0769. The fourth-order valence-corrected chi connectivity index (χ4v) is 9.83. The molecule has 0 aliphatic carbocycles. The molecule has 0 fully saturated rings. The van der Waals surface area contributed by atoms with Crippen molar-refractivity contribution in [3.8, 4) is 44.5 Å². The zero-order chi connectivity index (χ0) is 40.5. The molecule has 64 heavy (non-hydrogen) atoms. The number of aromatic nitrogens is 7. The van der Waals surface area contributed by atoms with Crippen LogP contribution in [-0.2, 0) is 28.2 Å². The molecular weight excluding hydrogens is 896 g/mol. The number of thiophene rings is 1. The monoisotopic (exact) mass is 935 g/mol. The molecule has 7 nitrogen and oxygen atoms in total. The summed E-state index contributed by atoms with van der Waals surface area (Å²) in [6.45, 7) is 0. The van der Waals surface area contributed by atoms with Gasteiger partial charge in [0.25, 0.3) is 0 Å². The number of hydrogen-bond donors (Lipinski definition) is 1. The lowest BCUT2D eigenvalue weighted by Gasteiger charge is -2.07. The number of halogens is 4. The summed E-state index contributed by atoms with van der Waals surface area (Å²) in [6, 6.07) is 39.7. The number of nitrogens with one attached hydrogen (secondary N) is 1. The molecule has 0 spiro atoms. The van der Waals surface area contributed by atoms with Gasteiger partial charge in [-0.25, -0.2) is 28.2 Å². The minimum Gasteiger partial charge on any atom is -1.00 e. The van der Waals surface area contributed by atoms with E-state index in [0.29, 0.717) is 0 Å². The Morgan fingerprint density at radius 1 is 0.406 bits per heavy atom. The number of H-pyrrole nitrogens is 1. The number of nitrogens with zero attached hydrogens (tertiary/aromatic N) is 6. The third kappa shape index (κ3) is 8.08. The lowest BCUT2D eigenvalue weighted by Crippen LogP contribution is -3.00. The second-order valence-electron chi connectivity index (χ2n) is 15.7. The second-order valence-corrected chi connectivity index (χ2v) is 16.8. The van der Waals surface area contributed by atoms with Crippen molar-refractivity contribution in [2.24, 2.45) is 28.2 Å². The zero-order valence-corrected chi connectivity index (χ0v) is 39.1. The van der Waals surface area contributed by atoms with Crippen LogP contribution in [0, 0.1) is 0 Å². The first-order valence-corrected chi connectivity index (χ1v) is 20.9. The van der Waals surface area contributed by atoms with Crippen molar-refractivity contribution in [3.05, 3.63) is 169 Å². The van der Waals surface area contributed by atoms with E-state index in [2.05, 4.69) is 215 Å². The zero-order valence-electron chi connectivity index (χ0n) is 35.3. The quantitative estimate of drug-likeness (QED) is 0.202. The Morgan fingerprint density at radius 2 is 0.797 bits per heavy atom. The number of hydrogen-bond acceptors (Lipinski definition) is 3. The molecule has 8 bridgehead atoms. The van der Waals surface area contributed by atoms with Gasteiger partial charge in [-0.15, -0.1) is 11.3 Å². The summed E-state index contributed by atoms with van der Waals surface area (Å²) < 4.78 is 10.7. The maximum Gasteiger partial charge on any atom is 0.212 e. The van der Waals surface area contributed by atoms with Gasteiger partial charge in [-0.05, 0) is 107 Å². The van der Waals surface area contributed by atoms with Crippen molar-refractivity contribution in [2.75, 3.05) is 0 Å². The Morgan fingerprint density at radius 3 is 1.27 bits per heavy atom. The van der Waals surface area contributed by atoms with Crippen molar-refractivity contribution in [1.29, 1.82) is 0 Å². The van der Waals surface area contributed by atoms with E-state index in [1.54, 1.807) is 11.3 Å². The van der Waals surface area contributed by atoms with Crippen LogP contribution in [0.4, 0.5) is 0 Å². The van der Waals surface area contributed by atoms with E-state index in [-0.39, 0.29) is 49.6 Å². The molecule has 2 aromatic carbocycles. The summed E-state index contributed by atoms with van der Waals surface area (Å²) in [5.74, 6) is 0. The van der Waals surface area contributed by atoms with Crippen LogP contribution in [0.2, 0.25) is 0 Å². The lowest BCUT2D eigenvalue weighted by atomic mass is 10.0. The SMILES string of the molecule is C[n+]1ccc(-c2c3nc(c(-c4cc[n+](C)cc4)c4ccc(s4)c(-c4ccc5c(ccc[n+]5C)c4)c4nc(c(-c5ccc6c(ccc[n+]6C)c5)c5ccc2[nH]5)C=C4)C=C3)cc1.[Cl-].[Cl-].[Cl-].[Cl-]. The standard InChI is InChI=1S/C52H40N7S.4ClH/c1-56-27-21-33(22-28-56)49-39-11-12-41(53-39)50(37-9-17-45-35(31-37)7-5-25-58(45)3)42-14-16-44(55-42)52(38-10-18-46-36(32-38)8-6-26-59(46)4)48-20-19-47(60-48)51(43-15-13-40(49)54-43)34-23-29-57(2)30-24-34;;;;/h5-32H,1-4H3;4*1H/q+3;;;;/p-3. The number of aryl methyl sites for hydroxylation is 4. The van der Waals surface area contributed by atoms with Crippen LogP contribution >= 0.6 is 11.3 Å². The Balaban J connectivity index is 0.00000153. The Hall–Kier alpha value is -6.26. The van der Waals surface area contributed by atoms with Crippen molar-refractivity contribution in [3.63, 3.8) is 0 Å². The van der Waals surface area contributed by atoms with Crippen molar-refractivity contribution in [2.45, 2.75) is 0 Å². The van der Waals surface area contributed by atoms with Crippen LogP contribution in [0.25, 0.3) is 111 Å². The Labute approximate surface area is 400 Å². The highest BCUT2D eigenvalue weighted by Gasteiger charge is 2.21. The third-order valence-electron chi connectivity index (χ3n) is 11.7. The Bertz CT molecular complexity index is 3260. The molecule has 0 unspecified atom stereocenters. The fourth-order valence-electron chi connectivity index (χ4n) is 8.67. The van der Waals surface area contributed by atoms with E-state index in [4.69, 9.17) is 9.97 Å². The number of pyridine rings is 4. The number of benzene rings is 2. The molecule has 318 valence electrons. The Kier molecular flexibility index (Phi) is 13.2. The van der Waals surface area contributed by atoms with Crippen LogP contribution < -0.4 is 67.9 Å². The normalized spacial score (nSPS) is 11.4. The van der Waals surface area contributed by atoms with Gasteiger partial charge < -0.3 is 54.6 Å². The number of fused-ring (bicyclic) bond motifs is 10. The van der Waals surface area contributed by atoms with Gasteiger partial charge in [-0.1, -0.05) is 0 Å². The van der Waals surface area contributed by atoms with E-state index in [9.17, 15) is 0 Å². The molecule has 0 radical (unpaired) electrons. The first kappa shape index (κ1) is 45.8. The molecule has 9 heterocycles. The predicted octanol–water partition coefficient (Wildman–Crippen LogP) is -2.32. The number of aromatic amines is 1. The summed E-state index contributed by atoms with van der Waals surface area (Å²) in [5.41, 5.74) is 16.6. The maximum atomic E-state index is 5.57. The minimum atomic E-state index is 0. The highest BCUT2D eigenvalue weighted by Crippen LogP contribution is 2.41. The van der Waals surface area contributed by atoms with Crippen LogP contribution in [0.5, 0.6) is 0 Å². The van der Waals surface area contributed by atoms with Gasteiger partial charge in [0.15, 0.2) is 37.2 Å². The highest BCUT2D eigenvalue weighted by molar-refractivity contribution is 7.24. The van der Waals surface area contributed by atoms with Gasteiger partial charge in [0.2, 0.25) is 11.0 Å². The van der Waals surface area contributed by atoms with E-state index < -0.39 is 0 Å². The molecule has 9 aromatic rings. The van der Waals surface area contributed by atoms with Crippen LogP contribution in [0.3, 0.4) is 0 Å². The molecule has 12 heteroatoms. The summed E-state index contributed by atoms with van der Waals surface area (Å²) in [5, 5.41) is 2.34. The van der Waals surface area contributed by atoms with Gasteiger partial charge in [-0.2, -0.15) is 0 Å². The second kappa shape index (κ2) is 18.5. The van der Waals surface area contributed by atoms with E-state index >= 15 is 0 Å². The molecule has 0 saturated heterocycles. The maximum absolute atomic E-state index is 5.57. The molecule has 0 amide bonds. The number of rotatable bonds is 4. The van der Waals surface area contributed by atoms with Gasteiger partial charge in [0.05, 0.1) is 22.8 Å². The highest BCUT2D eigenvalue weighted by atomic mass is 35.5. The van der Waals surface area contributed by atoms with E-state index in [1.807, 2.05) is 7.05 Å². The van der Waals surface area contributed by atoms with Gasteiger partial charge in [0, 0.05) is 102 Å². The van der Waals surface area contributed by atoms with Gasteiger partial charge >= 0.3 is 0 Å². The molecule has 2 aliphatic rings. The average Bonchev–Trinajstić information content (AvgIpc) is 4.11. The minimum absolute atomic E-state index is 0. The largest absolute Gasteiger partial charge is 1.00 e. The molecule has 0 atom stereocenters. The van der Waals surface area contributed by atoms with Crippen molar-refractivity contribution >= 4 is 77.9 Å². The lowest BCUT2D eigenvalue weighted by molar-refractivity contribution is -0.671. The molecule has 1 N–H and O–H groups in total. The van der Waals surface area contributed by atoms with Crippen LogP contribution in [0.15, 0.2) is 146 Å². The van der Waals surface area contributed by atoms with Gasteiger partial charge in [0.1, 0.15) is 28.2 Å². The topological polar surface area (TPSA) is 57.1 Å². The smallest absolute Gasteiger partial charge is 0.212 e. The van der Waals surface area contributed by atoms with Crippen molar-refractivity contribution in [1.82, 2.24) is 15.0 Å². The summed E-state index contributed by atoms with van der Waals surface area (Å²) in [7, 11) is 8.29. The van der Waals surface area contributed by atoms with Crippen LogP contribution in [0.1, 0.15) is 22.8 Å². The average molecular weight is 938 g/mol. The molecular formula is C52H41Cl4N7S. The predicted molar refractivity (Wildman–Crippen MR) is 244 cm³/mol. The third-order valence-corrected chi connectivity index (χ3v) is 12.8. The molecule has 11 rings (SSSR count). The summed E-state index contributed by atoms with van der Waals surface area (Å²) in [4.78, 5) is 15.0. The van der Waals surface area contributed by atoms with E-state index in [0.717, 1.165) is 93.1 Å². The molecule has 0 saturated carbocycles. The summed E-state index contributed by atoms with van der Waals surface area (Å²) >= 11 is 1.79. The first-order chi connectivity index (χ1) is 29.3. The van der Waals surface area contributed by atoms with Gasteiger partial charge in [-0.3, -0.25) is 0 Å².